The third kappa shape index (κ3) is 2.62. The monoisotopic (exact) mass is 269 g/mol. The van der Waals surface area contributed by atoms with Crippen molar-refractivity contribution in [3.05, 3.63) is 64.8 Å². The van der Waals surface area contributed by atoms with Crippen LogP contribution in [0.5, 0.6) is 0 Å². The van der Waals surface area contributed by atoms with Gasteiger partial charge in [-0.05, 0) is 24.3 Å². The smallest absolute Gasteiger partial charge is 0.207 e. The van der Waals surface area contributed by atoms with Crippen LogP contribution in [0.25, 0.3) is 10.9 Å². The lowest BCUT2D eigenvalue weighted by Crippen LogP contribution is -2.22. The average molecular weight is 269 g/mol. The highest BCUT2D eigenvalue weighted by atomic mass is 16.3. The van der Waals surface area contributed by atoms with Crippen LogP contribution < -0.4 is 10.7 Å². The highest BCUT2D eigenvalue weighted by molar-refractivity contribution is 5.77. The van der Waals surface area contributed by atoms with Crippen molar-refractivity contribution in [2.24, 2.45) is 0 Å². The molecule has 0 saturated carbocycles. The zero-order chi connectivity index (χ0) is 13.8. The van der Waals surface area contributed by atoms with E-state index in [0.29, 0.717) is 18.5 Å². The number of nitrogens with zero attached hydrogens (tertiary/aromatic N) is 2. The average Bonchev–Trinajstić information content (AvgIpc) is 2.99. The Hall–Kier alpha value is -2.40. The minimum absolute atomic E-state index is 0.0413. The van der Waals surface area contributed by atoms with E-state index in [1.54, 1.807) is 6.26 Å². The summed E-state index contributed by atoms with van der Waals surface area (Å²) in [7, 11) is 0. The topological polar surface area (TPSA) is 60.1 Å². The van der Waals surface area contributed by atoms with E-state index in [1.807, 2.05) is 41.1 Å². The van der Waals surface area contributed by atoms with Crippen molar-refractivity contribution in [3.8, 4) is 0 Å². The predicted molar refractivity (Wildman–Crippen MR) is 76.4 cm³/mol. The summed E-state index contributed by atoms with van der Waals surface area (Å²) < 4.78 is 7.08. The maximum absolute atomic E-state index is 11.7. The standard InChI is InChI=1S/C15H15N3O2/c19-15-11-17-18(14-6-2-1-5-13(14)15)8-7-16-10-12-4-3-9-20-12/h1-6,9,11,16H,7-8,10H2. The Morgan fingerprint density at radius 2 is 2.10 bits per heavy atom. The molecular formula is C15H15N3O2. The van der Waals surface area contributed by atoms with Gasteiger partial charge in [0.1, 0.15) is 5.76 Å². The summed E-state index contributed by atoms with van der Waals surface area (Å²) >= 11 is 0. The second-order valence-corrected chi connectivity index (χ2v) is 4.51. The fourth-order valence-electron chi connectivity index (χ4n) is 2.15. The van der Waals surface area contributed by atoms with E-state index < -0.39 is 0 Å². The maximum Gasteiger partial charge on any atom is 0.207 e. The summed E-state index contributed by atoms with van der Waals surface area (Å²) in [6, 6.07) is 11.3. The van der Waals surface area contributed by atoms with Crippen molar-refractivity contribution in [2.75, 3.05) is 6.54 Å². The molecule has 1 N–H and O–H groups in total. The Labute approximate surface area is 115 Å². The second kappa shape index (κ2) is 5.71. The second-order valence-electron chi connectivity index (χ2n) is 4.51. The quantitative estimate of drug-likeness (QED) is 0.717. The van der Waals surface area contributed by atoms with Crippen molar-refractivity contribution in [3.63, 3.8) is 0 Å². The van der Waals surface area contributed by atoms with E-state index in [9.17, 15) is 4.79 Å². The first-order valence-corrected chi connectivity index (χ1v) is 6.52. The lowest BCUT2D eigenvalue weighted by atomic mass is 10.2. The lowest BCUT2D eigenvalue weighted by Gasteiger charge is -2.09. The molecule has 2 heterocycles. The van der Waals surface area contributed by atoms with Gasteiger partial charge >= 0.3 is 0 Å². The van der Waals surface area contributed by atoms with Crippen molar-refractivity contribution in [1.82, 2.24) is 15.1 Å². The molecule has 0 amide bonds. The van der Waals surface area contributed by atoms with E-state index in [4.69, 9.17) is 4.42 Å². The molecule has 2 aromatic heterocycles. The molecule has 102 valence electrons. The Balaban J connectivity index is 1.69. The highest BCUT2D eigenvalue weighted by Gasteiger charge is 2.02. The summed E-state index contributed by atoms with van der Waals surface area (Å²) in [5.74, 6) is 0.905. The van der Waals surface area contributed by atoms with Gasteiger partial charge in [-0.2, -0.15) is 5.10 Å². The number of nitrogens with one attached hydrogen (secondary N) is 1. The predicted octanol–water partition coefficient (Wildman–Crippen LogP) is 1.78. The molecule has 5 heteroatoms. The van der Waals surface area contributed by atoms with Gasteiger partial charge in [-0.15, -0.1) is 0 Å². The molecule has 3 rings (SSSR count). The largest absolute Gasteiger partial charge is 0.468 e. The van der Waals surface area contributed by atoms with Crippen LogP contribution in [-0.2, 0) is 13.1 Å². The molecule has 1 aromatic carbocycles. The molecule has 0 atom stereocenters. The normalized spacial score (nSPS) is 11.0. The number of fused-ring (bicyclic) bond motifs is 1. The summed E-state index contributed by atoms with van der Waals surface area (Å²) in [6.45, 7) is 2.13. The molecule has 0 unspecified atom stereocenters. The Bertz CT molecular complexity index is 747. The Morgan fingerprint density at radius 1 is 1.20 bits per heavy atom. The number of rotatable bonds is 5. The molecule has 0 spiro atoms. The fourth-order valence-corrected chi connectivity index (χ4v) is 2.15. The zero-order valence-electron chi connectivity index (χ0n) is 11.0. The van der Waals surface area contributed by atoms with Gasteiger partial charge in [0, 0.05) is 11.9 Å². The van der Waals surface area contributed by atoms with Gasteiger partial charge in [-0.25, -0.2) is 0 Å². The minimum atomic E-state index is -0.0413. The number of hydrogen-bond donors (Lipinski definition) is 1. The van der Waals surface area contributed by atoms with Gasteiger partial charge in [0.2, 0.25) is 5.43 Å². The van der Waals surface area contributed by atoms with Gasteiger partial charge in [-0.3, -0.25) is 9.48 Å². The molecule has 0 aliphatic heterocycles. The molecule has 0 bridgehead atoms. The van der Waals surface area contributed by atoms with E-state index in [2.05, 4.69) is 10.4 Å². The number of para-hydroxylation sites is 1. The Morgan fingerprint density at radius 3 is 2.95 bits per heavy atom. The van der Waals surface area contributed by atoms with E-state index in [-0.39, 0.29) is 5.43 Å². The number of furan rings is 1. The van der Waals surface area contributed by atoms with E-state index in [0.717, 1.165) is 17.8 Å². The van der Waals surface area contributed by atoms with Crippen LogP contribution in [0.15, 0.2) is 58.1 Å². The molecule has 0 saturated heterocycles. The first kappa shape index (κ1) is 12.6. The number of benzene rings is 1. The molecule has 5 nitrogen and oxygen atoms in total. The van der Waals surface area contributed by atoms with Gasteiger partial charge in [-0.1, -0.05) is 12.1 Å². The van der Waals surface area contributed by atoms with Crippen LogP contribution in [0.3, 0.4) is 0 Å². The van der Waals surface area contributed by atoms with Gasteiger partial charge in [0.05, 0.1) is 31.1 Å². The van der Waals surface area contributed by atoms with Crippen molar-refractivity contribution < 1.29 is 4.42 Å². The van der Waals surface area contributed by atoms with Crippen LogP contribution in [0.4, 0.5) is 0 Å². The highest BCUT2D eigenvalue weighted by Crippen LogP contribution is 2.07. The molecule has 20 heavy (non-hydrogen) atoms. The van der Waals surface area contributed by atoms with Crippen LogP contribution in [-0.4, -0.2) is 16.3 Å². The number of aromatic nitrogens is 2. The van der Waals surface area contributed by atoms with E-state index in [1.165, 1.54) is 6.20 Å². The summed E-state index contributed by atoms with van der Waals surface area (Å²) in [6.07, 6.45) is 3.03. The van der Waals surface area contributed by atoms with Crippen molar-refractivity contribution in [1.29, 1.82) is 0 Å². The van der Waals surface area contributed by atoms with Gasteiger partial charge in [0.15, 0.2) is 0 Å². The minimum Gasteiger partial charge on any atom is -0.468 e. The van der Waals surface area contributed by atoms with E-state index >= 15 is 0 Å². The summed E-state index contributed by atoms with van der Waals surface area (Å²) in [5.41, 5.74) is 0.820. The summed E-state index contributed by atoms with van der Waals surface area (Å²) in [5, 5.41) is 8.17. The van der Waals surface area contributed by atoms with Crippen LogP contribution in [0.1, 0.15) is 5.76 Å². The van der Waals surface area contributed by atoms with Gasteiger partial charge in [0.25, 0.3) is 0 Å². The third-order valence-electron chi connectivity index (χ3n) is 3.14. The summed E-state index contributed by atoms with van der Waals surface area (Å²) in [4.78, 5) is 11.7. The lowest BCUT2D eigenvalue weighted by molar-refractivity contribution is 0.471. The van der Waals surface area contributed by atoms with Crippen LogP contribution in [0, 0.1) is 0 Å². The SMILES string of the molecule is O=c1cnn(CCNCc2ccco2)c2ccccc12. The van der Waals surface area contributed by atoms with Crippen molar-refractivity contribution in [2.45, 2.75) is 13.1 Å². The fraction of sp³-hybridized carbons (Fsp3) is 0.200. The maximum atomic E-state index is 11.7. The van der Waals surface area contributed by atoms with Crippen LogP contribution >= 0.6 is 0 Å². The molecular weight excluding hydrogens is 254 g/mol. The van der Waals surface area contributed by atoms with Crippen LogP contribution in [0.2, 0.25) is 0 Å². The zero-order valence-corrected chi connectivity index (χ0v) is 11.0. The first-order valence-electron chi connectivity index (χ1n) is 6.52. The third-order valence-corrected chi connectivity index (χ3v) is 3.14. The molecule has 0 aliphatic rings. The van der Waals surface area contributed by atoms with Gasteiger partial charge < -0.3 is 9.73 Å². The number of hydrogen-bond acceptors (Lipinski definition) is 4. The van der Waals surface area contributed by atoms with Crippen molar-refractivity contribution >= 4 is 10.9 Å². The molecule has 0 fully saturated rings. The molecule has 0 aliphatic carbocycles. The molecule has 0 radical (unpaired) electrons. The Kier molecular flexibility index (Phi) is 3.60. The first-order chi connectivity index (χ1) is 9.84. The molecule has 3 aromatic rings.